The van der Waals surface area contributed by atoms with E-state index in [-0.39, 0.29) is 17.9 Å². The molecule has 2 aromatic heterocycles. The van der Waals surface area contributed by atoms with Gasteiger partial charge in [0.2, 0.25) is 5.60 Å². The molecule has 1 aromatic carbocycles. The standard InChI is InChI=1S/C30H33N3O4/c1-3-5-15-31-29(36)30(4-2)21-16-23-26-20(17-33(23)27(34)25(21)28(35)37-30)24(18-11-7-6-8-12-18)19-13-9-10-14-22(19)32-26/h9-10,13-14,16,18H,3-8,11-12,15,17H2,1-2H3,(H,31,36)/t30-/m1/s1. The fraction of sp³-hybridized carbons (Fsp3) is 0.467. The Bertz CT molecular complexity index is 1480. The van der Waals surface area contributed by atoms with Gasteiger partial charge in [0.1, 0.15) is 5.56 Å². The fourth-order valence-corrected chi connectivity index (χ4v) is 6.56. The highest BCUT2D eigenvalue weighted by Gasteiger charge is 2.52. The van der Waals surface area contributed by atoms with Crippen LogP contribution in [-0.4, -0.2) is 28.0 Å². The summed E-state index contributed by atoms with van der Waals surface area (Å²) in [6.45, 7) is 4.74. The van der Waals surface area contributed by atoms with E-state index < -0.39 is 17.1 Å². The lowest BCUT2D eigenvalue weighted by molar-refractivity contribution is -0.140. The van der Waals surface area contributed by atoms with Crippen molar-refractivity contribution in [3.8, 4) is 11.4 Å². The van der Waals surface area contributed by atoms with Gasteiger partial charge in [0.15, 0.2) is 0 Å². The zero-order chi connectivity index (χ0) is 25.7. The minimum atomic E-state index is -1.50. The summed E-state index contributed by atoms with van der Waals surface area (Å²) < 4.78 is 7.37. The predicted molar refractivity (Wildman–Crippen MR) is 142 cm³/mol. The number of esters is 1. The van der Waals surface area contributed by atoms with Crippen LogP contribution >= 0.6 is 0 Å². The number of carbonyl (C=O) groups is 2. The van der Waals surface area contributed by atoms with Crippen molar-refractivity contribution in [3.05, 3.63) is 62.9 Å². The molecule has 6 rings (SSSR count). The fourth-order valence-electron chi connectivity index (χ4n) is 6.56. The highest BCUT2D eigenvalue weighted by atomic mass is 16.6. The molecule has 0 unspecified atom stereocenters. The molecular formula is C30H33N3O4. The van der Waals surface area contributed by atoms with Crippen LogP contribution in [-0.2, 0) is 21.7 Å². The van der Waals surface area contributed by atoms with E-state index in [9.17, 15) is 14.4 Å². The van der Waals surface area contributed by atoms with Crippen molar-refractivity contribution < 1.29 is 14.3 Å². The maximum Gasteiger partial charge on any atom is 0.345 e. The Morgan fingerprint density at radius 3 is 2.70 bits per heavy atom. The molecule has 3 aliphatic rings. The van der Waals surface area contributed by atoms with Crippen LogP contribution in [0, 0.1) is 0 Å². The van der Waals surface area contributed by atoms with Gasteiger partial charge in [-0.15, -0.1) is 0 Å². The van der Waals surface area contributed by atoms with E-state index >= 15 is 0 Å². The molecule has 4 heterocycles. The Hall–Kier alpha value is -3.48. The Morgan fingerprint density at radius 1 is 1.16 bits per heavy atom. The zero-order valence-electron chi connectivity index (χ0n) is 21.6. The number of fused-ring (bicyclic) bond motifs is 5. The molecule has 7 nitrogen and oxygen atoms in total. The van der Waals surface area contributed by atoms with Crippen molar-refractivity contribution in [3.63, 3.8) is 0 Å². The van der Waals surface area contributed by atoms with E-state index in [1.807, 2.05) is 38.1 Å². The van der Waals surface area contributed by atoms with E-state index in [1.165, 1.54) is 24.8 Å². The number of hydrogen-bond acceptors (Lipinski definition) is 5. The number of ether oxygens (including phenoxy) is 1. The molecule has 7 heteroatoms. The molecule has 37 heavy (non-hydrogen) atoms. The molecule has 1 aliphatic carbocycles. The van der Waals surface area contributed by atoms with Gasteiger partial charge in [0, 0.05) is 23.1 Å². The van der Waals surface area contributed by atoms with Crippen LogP contribution in [0.15, 0.2) is 35.1 Å². The highest BCUT2D eigenvalue weighted by Crippen LogP contribution is 2.46. The molecule has 1 amide bonds. The number of hydrogen-bond donors (Lipinski definition) is 1. The number of pyridine rings is 2. The molecule has 3 aromatic rings. The first-order valence-electron chi connectivity index (χ1n) is 13.7. The molecule has 1 fully saturated rings. The van der Waals surface area contributed by atoms with E-state index in [2.05, 4.69) is 11.4 Å². The monoisotopic (exact) mass is 499 g/mol. The van der Waals surface area contributed by atoms with Crippen molar-refractivity contribution in [1.29, 1.82) is 0 Å². The third-order valence-corrected chi connectivity index (χ3v) is 8.50. The zero-order valence-corrected chi connectivity index (χ0v) is 21.6. The first kappa shape index (κ1) is 23.9. The van der Waals surface area contributed by atoms with Crippen molar-refractivity contribution in [2.45, 2.75) is 83.3 Å². The van der Waals surface area contributed by atoms with Crippen molar-refractivity contribution in [1.82, 2.24) is 14.9 Å². The molecule has 0 bridgehead atoms. The Morgan fingerprint density at radius 2 is 1.95 bits per heavy atom. The summed E-state index contributed by atoms with van der Waals surface area (Å²) >= 11 is 0. The lowest BCUT2D eigenvalue weighted by Crippen LogP contribution is -2.45. The van der Waals surface area contributed by atoms with Crippen LogP contribution in [0.25, 0.3) is 22.3 Å². The van der Waals surface area contributed by atoms with Gasteiger partial charge in [-0.25, -0.2) is 9.78 Å². The minimum Gasteiger partial charge on any atom is -0.440 e. The topological polar surface area (TPSA) is 90.3 Å². The Labute approximate surface area is 216 Å². The molecular weight excluding hydrogens is 466 g/mol. The number of para-hydroxylation sites is 1. The molecule has 1 N–H and O–H groups in total. The molecule has 0 saturated heterocycles. The van der Waals surface area contributed by atoms with Gasteiger partial charge in [0.25, 0.3) is 11.5 Å². The SMILES string of the molecule is CCCCNC(=O)[C@]1(CC)OC(=O)c2c1cc1n(c2=O)Cc2c-1nc1ccccc1c2C1CCCCC1. The van der Waals surface area contributed by atoms with Gasteiger partial charge in [-0.3, -0.25) is 9.59 Å². The highest BCUT2D eigenvalue weighted by molar-refractivity contribution is 6.02. The predicted octanol–water partition coefficient (Wildman–Crippen LogP) is 5.16. The Kier molecular flexibility index (Phi) is 5.89. The third kappa shape index (κ3) is 3.54. The van der Waals surface area contributed by atoms with E-state index in [1.54, 1.807) is 4.57 Å². The maximum atomic E-state index is 13.8. The second kappa shape index (κ2) is 9.12. The average Bonchev–Trinajstić information content (AvgIpc) is 3.43. The summed E-state index contributed by atoms with van der Waals surface area (Å²) in [7, 11) is 0. The molecule has 192 valence electrons. The first-order chi connectivity index (χ1) is 18.0. The summed E-state index contributed by atoms with van der Waals surface area (Å²) in [6.07, 6.45) is 7.94. The third-order valence-electron chi connectivity index (χ3n) is 8.50. The van der Waals surface area contributed by atoms with E-state index in [0.29, 0.717) is 30.3 Å². The second-order valence-corrected chi connectivity index (χ2v) is 10.6. The Balaban J connectivity index is 1.55. The summed E-state index contributed by atoms with van der Waals surface area (Å²) in [5, 5.41) is 4.07. The van der Waals surface area contributed by atoms with Crippen LogP contribution in [0.2, 0.25) is 0 Å². The van der Waals surface area contributed by atoms with Crippen LogP contribution < -0.4 is 10.9 Å². The van der Waals surface area contributed by atoms with Crippen LogP contribution in [0.5, 0.6) is 0 Å². The number of benzene rings is 1. The largest absolute Gasteiger partial charge is 0.440 e. The number of amides is 1. The molecule has 0 spiro atoms. The number of rotatable bonds is 6. The molecule has 1 saturated carbocycles. The van der Waals surface area contributed by atoms with Gasteiger partial charge < -0.3 is 14.6 Å². The van der Waals surface area contributed by atoms with Gasteiger partial charge in [0.05, 0.1) is 23.4 Å². The number of nitrogens with one attached hydrogen (secondary N) is 1. The van der Waals surface area contributed by atoms with Gasteiger partial charge in [-0.05, 0) is 49.3 Å². The van der Waals surface area contributed by atoms with Gasteiger partial charge in [-0.2, -0.15) is 0 Å². The van der Waals surface area contributed by atoms with Crippen molar-refractivity contribution in [2.75, 3.05) is 6.54 Å². The van der Waals surface area contributed by atoms with E-state index in [4.69, 9.17) is 9.72 Å². The number of cyclic esters (lactones) is 1. The summed E-state index contributed by atoms with van der Waals surface area (Å²) in [5.41, 5.74) is 3.19. The summed E-state index contributed by atoms with van der Waals surface area (Å²) in [5.74, 6) is -0.659. The maximum absolute atomic E-state index is 13.8. The molecule has 2 aliphatic heterocycles. The number of unbranched alkanes of at least 4 members (excludes halogenated alkanes) is 1. The van der Waals surface area contributed by atoms with Crippen molar-refractivity contribution >= 4 is 22.8 Å². The number of nitrogens with zero attached hydrogens (tertiary/aromatic N) is 2. The van der Waals surface area contributed by atoms with Crippen LogP contribution in [0.4, 0.5) is 0 Å². The second-order valence-electron chi connectivity index (χ2n) is 10.6. The van der Waals surface area contributed by atoms with Crippen molar-refractivity contribution in [2.24, 2.45) is 0 Å². The number of carbonyl (C=O) groups excluding carboxylic acids is 2. The van der Waals surface area contributed by atoms with Gasteiger partial charge >= 0.3 is 5.97 Å². The lowest BCUT2D eigenvalue weighted by Gasteiger charge is -2.26. The van der Waals surface area contributed by atoms with E-state index in [0.717, 1.165) is 47.8 Å². The molecule has 1 atom stereocenters. The minimum absolute atomic E-state index is 0.0205. The summed E-state index contributed by atoms with van der Waals surface area (Å²) in [4.78, 5) is 45.2. The summed E-state index contributed by atoms with van der Waals surface area (Å²) in [6, 6.07) is 10.0. The van der Waals surface area contributed by atoms with Crippen LogP contribution in [0.3, 0.4) is 0 Å². The number of aromatic nitrogens is 2. The molecule has 0 radical (unpaired) electrons. The quantitative estimate of drug-likeness (QED) is 0.292. The van der Waals surface area contributed by atoms with Gasteiger partial charge in [-0.1, -0.05) is 57.7 Å². The normalized spacial score (nSPS) is 20.4. The lowest BCUT2D eigenvalue weighted by atomic mass is 9.80. The van der Waals surface area contributed by atoms with Crippen LogP contribution in [0.1, 0.15) is 98.2 Å². The average molecular weight is 500 g/mol. The smallest absolute Gasteiger partial charge is 0.345 e. The first-order valence-corrected chi connectivity index (χ1v) is 13.7.